The summed E-state index contributed by atoms with van der Waals surface area (Å²) in [4.78, 5) is -0.911. The van der Waals surface area contributed by atoms with E-state index in [2.05, 4.69) is 5.32 Å². The van der Waals surface area contributed by atoms with Crippen LogP contribution in [0.5, 0.6) is 17.2 Å². The predicted molar refractivity (Wildman–Crippen MR) is 92.2 cm³/mol. The van der Waals surface area contributed by atoms with E-state index in [1.807, 2.05) is 0 Å². The Morgan fingerprint density at radius 1 is 1.14 bits per heavy atom. The van der Waals surface area contributed by atoms with E-state index in [-0.39, 0.29) is 25.6 Å². The zero-order valence-corrected chi connectivity index (χ0v) is 15.1. The standard InChI is InChI=1S/C17H16F3NO6S/c18-17(19,20)28(23,24)16-4-2-1-3-13(16)21-8-11(22)9-25-12-5-6-14-15(7-12)27-10-26-14/h1-7,11,21-22H,8-10H2. The maximum atomic E-state index is 12.8. The van der Waals surface area contributed by atoms with Gasteiger partial charge in [-0.25, -0.2) is 8.42 Å². The molecule has 1 aliphatic rings. The minimum atomic E-state index is -5.52. The molecule has 0 fully saturated rings. The highest BCUT2D eigenvalue weighted by atomic mass is 32.2. The first kappa shape index (κ1) is 20.1. The molecular weight excluding hydrogens is 403 g/mol. The number of rotatable bonds is 7. The van der Waals surface area contributed by atoms with Crippen molar-refractivity contribution >= 4 is 15.5 Å². The van der Waals surface area contributed by atoms with E-state index in [1.165, 1.54) is 18.2 Å². The number of benzene rings is 2. The number of ether oxygens (including phenoxy) is 3. The molecule has 1 atom stereocenters. The second-order valence-corrected chi connectivity index (χ2v) is 7.72. The minimum absolute atomic E-state index is 0.103. The molecule has 0 aliphatic carbocycles. The van der Waals surface area contributed by atoms with E-state index >= 15 is 0 Å². The first-order chi connectivity index (χ1) is 13.2. The summed E-state index contributed by atoms with van der Waals surface area (Å²) in [5.74, 6) is 1.47. The number of aliphatic hydroxyl groups is 1. The van der Waals surface area contributed by atoms with Gasteiger partial charge in [-0.3, -0.25) is 0 Å². The van der Waals surface area contributed by atoms with E-state index in [1.54, 1.807) is 18.2 Å². The van der Waals surface area contributed by atoms with Crippen LogP contribution >= 0.6 is 0 Å². The average Bonchev–Trinajstić information content (AvgIpc) is 3.11. The minimum Gasteiger partial charge on any atom is -0.491 e. The Morgan fingerprint density at radius 3 is 2.61 bits per heavy atom. The van der Waals surface area contributed by atoms with Crippen molar-refractivity contribution in [2.24, 2.45) is 0 Å². The molecule has 0 saturated heterocycles. The highest BCUT2D eigenvalue weighted by Gasteiger charge is 2.47. The summed E-state index contributed by atoms with van der Waals surface area (Å²) in [6.07, 6.45) is -1.12. The number of anilines is 1. The summed E-state index contributed by atoms with van der Waals surface area (Å²) >= 11 is 0. The second kappa shape index (κ2) is 7.76. The SMILES string of the molecule is O=S(=O)(c1ccccc1NCC(O)COc1ccc2c(c1)OCO2)C(F)(F)F. The van der Waals surface area contributed by atoms with Crippen LogP contribution in [0.2, 0.25) is 0 Å². The number of hydrogen-bond donors (Lipinski definition) is 2. The molecule has 2 aromatic carbocycles. The van der Waals surface area contributed by atoms with Crippen molar-refractivity contribution < 1.29 is 40.9 Å². The number of aliphatic hydroxyl groups excluding tert-OH is 1. The Hall–Kier alpha value is -2.66. The van der Waals surface area contributed by atoms with Crippen molar-refractivity contribution in [2.75, 3.05) is 25.3 Å². The molecule has 28 heavy (non-hydrogen) atoms. The fourth-order valence-corrected chi connectivity index (χ4v) is 3.35. The fraction of sp³-hybridized carbons (Fsp3) is 0.294. The lowest BCUT2D eigenvalue weighted by Gasteiger charge is -2.17. The van der Waals surface area contributed by atoms with Crippen LogP contribution in [0.1, 0.15) is 0 Å². The Balaban J connectivity index is 1.60. The van der Waals surface area contributed by atoms with Crippen LogP contribution in [-0.4, -0.2) is 45.1 Å². The largest absolute Gasteiger partial charge is 0.501 e. The van der Waals surface area contributed by atoms with Crippen molar-refractivity contribution in [3.8, 4) is 17.2 Å². The third kappa shape index (κ3) is 4.25. The molecule has 0 bridgehead atoms. The van der Waals surface area contributed by atoms with Gasteiger partial charge in [-0.2, -0.15) is 13.2 Å². The first-order valence-electron chi connectivity index (χ1n) is 8.03. The van der Waals surface area contributed by atoms with E-state index in [0.29, 0.717) is 17.2 Å². The highest BCUT2D eigenvalue weighted by Crippen LogP contribution is 2.35. The summed E-state index contributed by atoms with van der Waals surface area (Å²) in [6, 6.07) is 9.42. The van der Waals surface area contributed by atoms with E-state index in [4.69, 9.17) is 14.2 Å². The van der Waals surface area contributed by atoms with Gasteiger partial charge >= 0.3 is 5.51 Å². The number of nitrogens with one attached hydrogen (secondary N) is 1. The Kier molecular flexibility index (Phi) is 5.57. The van der Waals surface area contributed by atoms with Gasteiger partial charge in [0.25, 0.3) is 9.84 Å². The molecule has 1 heterocycles. The first-order valence-corrected chi connectivity index (χ1v) is 9.51. The lowest BCUT2D eigenvalue weighted by Crippen LogP contribution is -2.28. The normalized spacial score (nSPS) is 14.6. The molecule has 0 aromatic heterocycles. The lowest BCUT2D eigenvalue weighted by atomic mass is 10.3. The van der Waals surface area contributed by atoms with Gasteiger partial charge in [0.2, 0.25) is 6.79 Å². The molecule has 0 amide bonds. The number of fused-ring (bicyclic) bond motifs is 1. The number of para-hydroxylation sites is 1. The highest BCUT2D eigenvalue weighted by molar-refractivity contribution is 7.92. The summed E-state index contributed by atoms with van der Waals surface area (Å²) in [5, 5.41) is 12.5. The molecule has 7 nitrogen and oxygen atoms in total. The molecule has 0 saturated carbocycles. The van der Waals surface area contributed by atoms with Gasteiger partial charge in [0, 0.05) is 12.6 Å². The number of hydrogen-bond acceptors (Lipinski definition) is 7. The van der Waals surface area contributed by atoms with Crippen LogP contribution in [0.3, 0.4) is 0 Å². The molecule has 3 rings (SSSR count). The van der Waals surface area contributed by atoms with E-state index < -0.39 is 26.3 Å². The summed E-state index contributed by atoms with van der Waals surface area (Å²) in [7, 11) is -5.52. The van der Waals surface area contributed by atoms with Gasteiger partial charge < -0.3 is 24.6 Å². The number of halogens is 3. The molecule has 2 N–H and O–H groups in total. The molecule has 0 radical (unpaired) electrons. The van der Waals surface area contributed by atoms with Gasteiger partial charge in [-0.05, 0) is 24.3 Å². The monoisotopic (exact) mass is 419 g/mol. The van der Waals surface area contributed by atoms with E-state index in [0.717, 1.165) is 6.07 Å². The van der Waals surface area contributed by atoms with E-state index in [9.17, 15) is 26.7 Å². The Bertz CT molecular complexity index is 948. The summed E-state index contributed by atoms with van der Waals surface area (Å²) < 4.78 is 77.5. The second-order valence-electron chi connectivity index (χ2n) is 5.81. The van der Waals surface area contributed by atoms with Crippen molar-refractivity contribution in [3.63, 3.8) is 0 Å². The zero-order valence-electron chi connectivity index (χ0n) is 14.3. The van der Waals surface area contributed by atoms with Crippen LogP contribution in [0.15, 0.2) is 47.4 Å². The molecule has 1 aliphatic heterocycles. The maximum Gasteiger partial charge on any atom is 0.501 e. The molecule has 0 spiro atoms. The van der Waals surface area contributed by atoms with Crippen LogP contribution in [0.25, 0.3) is 0 Å². The number of alkyl halides is 3. The van der Waals surface area contributed by atoms with Crippen LogP contribution in [-0.2, 0) is 9.84 Å². The van der Waals surface area contributed by atoms with Gasteiger partial charge in [-0.15, -0.1) is 0 Å². The average molecular weight is 419 g/mol. The van der Waals surface area contributed by atoms with Crippen molar-refractivity contribution in [1.82, 2.24) is 0 Å². The third-order valence-corrected chi connectivity index (χ3v) is 5.34. The lowest BCUT2D eigenvalue weighted by molar-refractivity contribution is -0.0435. The molecular formula is C17H16F3NO6S. The fourth-order valence-electron chi connectivity index (χ4n) is 2.42. The Morgan fingerprint density at radius 2 is 1.86 bits per heavy atom. The quantitative estimate of drug-likeness (QED) is 0.712. The smallest absolute Gasteiger partial charge is 0.491 e. The molecule has 1 unspecified atom stereocenters. The zero-order chi connectivity index (χ0) is 20.4. The molecule has 11 heteroatoms. The third-order valence-electron chi connectivity index (χ3n) is 3.80. The molecule has 152 valence electrons. The maximum absolute atomic E-state index is 12.8. The van der Waals surface area contributed by atoms with Crippen LogP contribution in [0, 0.1) is 0 Å². The van der Waals surface area contributed by atoms with Crippen molar-refractivity contribution in [1.29, 1.82) is 0 Å². The topological polar surface area (TPSA) is 94.1 Å². The van der Waals surface area contributed by atoms with Crippen LogP contribution < -0.4 is 19.5 Å². The summed E-state index contributed by atoms with van der Waals surface area (Å²) in [5.41, 5.74) is -5.69. The van der Waals surface area contributed by atoms with Gasteiger partial charge in [-0.1, -0.05) is 12.1 Å². The summed E-state index contributed by atoms with van der Waals surface area (Å²) in [6.45, 7) is -0.304. The Labute approximate surface area is 158 Å². The van der Waals surface area contributed by atoms with Crippen LogP contribution in [0.4, 0.5) is 18.9 Å². The van der Waals surface area contributed by atoms with Gasteiger partial charge in [0.1, 0.15) is 18.5 Å². The van der Waals surface area contributed by atoms with Gasteiger partial charge in [0.05, 0.1) is 10.6 Å². The number of sulfone groups is 1. The van der Waals surface area contributed by atoms with Crippen molar-refractivity contribution in [2.45, 2.75) is 16.5 Å². The predicted octanol–water partition coefficient (Wildman–Crippen LogP) is 2.56. The van der Waals surface area contributed by atoms with Crippen molar-refractivity contribution in [3.05, 3.63) is 42.5 Å². The molecule has 2 aromatic rings. The van der Waals surface area contributed by atoms with Gasteiger partial charge in [0.15, 0.2) is 11.5 Å².